The van der Waals surface area contributed by atoms with Gasteiger partial charge in [-0.05, 0) is 30.5 Å². The second kappa shape index (κ2) is 9.78. The van der Waals surface area contributed by atoms with E-state index in [4.69, 9.17) is 16.9 Å². The van der Waals surface area contributed by atoms with Crippen LogP contribution in [0.5, 0.6) is 0 Å². The highest BCUT2D eigenvalue weighted by molar-refractivity contribution is 6.17. The third kappa shape index (κ3) is 6.77. The fourth-order valence-electron chi connectivity index (χ4n) is 1.60. The first-order valence-corrected chi connectivity index (χ1v) is 7.13. The fraction of sp³-hybridized carbons (Fsp3) is 0.333. The number of carbonyl (C=O) groups is 1. The Morgan fingerprint density at radius 1 is 1.43 bits per heavy atom. The Morgan fingerprint density at radius 3 is 2.90 bits per heavy atom. The van der Waals surface area contributed by atoms with Gasteiger partial charge in [0, 0.05) is 25.2 Å². The Morgan fingerprint density at radius 2 is 2.24 bits per heavy atom. The maximum absolute atomic E-state index is 13.0. The van der Waals surface area contributed by atoms with Crippen LogP contribution in [0.25, 0.3) is 0 Å². The van der Waals surface area contributed by atoms with Crippen LogP contribution in [-0.2, 0) is 11.2 Å². The van der Waals surface area contributed by atoms with Crippen LogP contribution in [0.2, 0.25) is 0 Å². The molecule has 0 saturated carbocycles. The second-order valence-corrected chi connectivity index (χ2v) is 4.68. The SMILES string of the molecule is N#C/C(=C/NCCc1cccc(F)c1)C(=O)NCCCCl. The van der Waals surface area contributed by atoms with Crippen LogP contribution in [0.1, 0.15) is 12.0 Å². The quantitative estimate of drug-likeness (QED) is 0.334. The van der Waals surface area contributed by atoms with Crippen molar-refractivity contribution in [2.75, 3.05) is 19.0 Å². The largest absolute Gasteiger partial charge is 0.389 e. The Hall–Kier alpha value is -2.06. The van der Waals surface area contributed by atoms with E-state index in [2.05, 4.69) is 10.6 Å². The number of carbonyl (C=O) groups excluding carboxylic acids is 1. The first kappa shape index (κ1) is 17.0. The Kier molecular flexibility index (Phi) is 7.92. The van der Waals surface area contributed by atoms with Gasteiger partial charge >= 0.3 is 0 Å². The Bertz CT molecular complexity index is 540. The van der Waals surface area contributed by atoms with Crippen molar-refractivity contribution >= 4 is 17.5 Å². The van der Waals surface area contributed by atoms with Crippen molar-refractivity contribution in [2.45, 2.75) is 12.8 Å². The number of amides is 1. The van der Waals surface area contributed by atoms with E-state index < -0.39 is 5.91 Å². The normalized spacial score (nSPS) is 10.8. The topological polar surface area (TPSA) is 64.9 Å². The van der Waals surface area contributed by atoms with E-state index in [0.29, 0.717) is 31.8 Å². The molecule has 0 heterocycles. The molecule has 0 unspecified atom stereocenters. The third-order valence-electron chi connectivity index (χ3n) is 2.65. The Balaban J connectivity index is 2.39. The number of nitrogens with zero attached hydrogens (tertiary/aromatic N) is 1. The molecule has 112 valence electrons. The predicted octanol–water partition coefficient (Wildman–Crippen LogP) is 2.11. The average molecular weight is 310 g/mol. The van der Waals surface area contributed by atoms with Gasteiger partial charge in [-0.25, -0.2) is 4.39 Å². The summed E-state index contributed by atoms with van der Waals surface area (Å²) in [5.74, 6) is -0.252. The lowest BCUT2D eigenvalue weighted by atomic mass is 10.1. The lowest BCUT2D eigenvalue weighted by molar-refractivity contribution is -0.117. The zero-order valence-corrected chi connectivity index (χ0v) is 12.3. The second-order valence-electron chi connectivity index (χ2n) is 4.30. The van der Waals surface area contributed by atoms with E-state index in [9.17, 15) is 9.18 Å². The molecule has 0 aliphatic carbocycles. The van der Waals surface area contributed by atoms with Crippen LogP contribution < -0.4 is 10.6 Å². The number of benzene rings is 1. The molecular weight excluding hydrogens is 293 g/mol. The molecule has 1 amide bonds. The highest BCUT2D eigenvalue weighted by Gasteiger charge is 2.07. The van der Waals surface area contributed by atoms with Crippen molar-refractivity contribution in [1.82, 2.24) is 10.6 Å². The van der Waals surface area contributed by atoms with Crippen molar-refractivity contribution in [3.8, 4) is 6.07 Å². The van der Waals surface area contributed by atoms with Gasteiger partial charge < -0.3 is 10.6 Å². The maximum Gasteiger partial charge on any atom is 0.263 e. The van der Waals surface area contributed by atoms with E-state index in [1.807, 2.05) is 12.1 Å². The fourth-order valence-corrected chi connectivity index (χ4v) is 1.73. The van der Waals surface area contributed by atoms with Crippen molar-refractivity contribution in [2.24, 2.45) is 0 Å². The summed E-state index contributed by atoms with van der Waals surface area (Å²) in [5, 5.41) is 14.4. The number of hydrogen-bond acceptors (Lipinski definition) is 3. The van der Waals surface area contributed by atoms with Gasteiger partial charge in [0.05, 0.1) is 0 Å². The summed E-state index contributed by atoms with van der Waals surface area (Å²) in [6, 6.07) is 8.13. The summed E-state index contributed by atoms with van der Waals surface area (Å²) in [4.78, 5) is 11.6. The van der Waals surface area contributed by atoms with Crippen LogP contribution in [0.15, 0.2) is 36.0 Å². The molecule has 1 aromatic rings. The highest BCUT2D eigenvalue weighted by Crippen LogP contribution is 2.03. The number of nitriles is 1. The molecule has 0 atom stereocenters. The minimum Gasteiger partial charge on any atom is -0.389 e. The van der Waals surface area contributed by atoms with Crippen molar-refractivity contribution < 1.29 is 9.18 Å². The molecule has 4 nitrogen and oxygen atoms in total. The smallest absolute Gasteiger partial charge is 0.263 e. The van der Waals surface area contributed by atoms with Crippen LogP contribution in [-0.4, -0.2) is 24.9 Å². The lowest BCUT2D eigenvalue weighted by Gasteiger charge is -2.04. The zero-order chi connectivity index (χ0) is 15.5. The van der Waals surface area contributed by atoms with Gasteiger partial charge in [-0.3, -0.25) is 4.79 Å². The standard InChI is InChI=1S/C15H17ClFN3O/c16-6-2-7-20-15(21)13(10-18)11-19-8-5-12-3-1-4-14(17)9-12/h1,3-4,9,11,19H,2,5-8H2,(H,20,21)/b13-11-. The molecule has 0 aliphatic rings. The molecule has 0 saturated heterocycles. The third-order valence-corrected chi connectivity index (χ3v) is 2.92. The molecule has 1 aromatic carbocycles. The summed E-state index contributed by atoms with van der Waals surface area (Å²) < 4.78 is 13.0. The molecule has 21 heavy (non-hydrogen) atoms. The number of rotatable bonds is 8. The molecule has 0 spiro atoms. The molecule has 0 radical (unpaired) electrons. The molecule has 0 fully saturated rings. The predicted molar refractivity (Wildman–Crippen MR) is 80.1 cm³/mol. The molecular formula is C15H17ClFN3O. The molecule has 1 rings (SSSR count). The minimum atomic E-state index is -0.430. The lowest BCUT2D eigenvalue weighted by Crippen LogP contribution is -2.27. The van der Waals surface area contributed by atoms with E-state index in [0.717, 1.165) is 5.56 Å². The zero-order valence-electron chi connectivity index (χ0n) is 11.5. The monoisotopic (exact) mass is 309 g/mol. The molecule has 2 N–H and O–H groups in total. The first-order valence-electron chi connectivity index (χ1n) is 6.59. The van der Waals surface area contributed by atoms with Gasteiger partial charge in [0.15, 0.2) is 0 Å². The summed E-state index contributed by atoms with van der Waals surface area (Å²) in [5.41, 5.74) is 0.852. The van der Waals surface area contributed by atoms with Gasteiger partial charge in [0.2, 0.25) is 0 Å². The Labute approximate surface area is 128 Å². The van der Waals surface area contributed by atoms with Gasteiger partial charge in [0.25, 0.3) is 5.91 Å². The molecule has 0 bridgehead atoms. The van der Waals surface area contributed by atoms with Gasteiger partial charge in [-0.2, -0.15) is 5.26 Å². The summed E-state index contributed by atoms with van der Waals surface area (Å²) in [6.07, 6.45) is 2.62. The number of halogens is 2. The van der Waals surface area contributed by atoms with E-state index >= 15 is 0 Å². The van der Waals surface area contributed by atoms with Crippen molar-refractivity contribution in [1.29, 1.82) is 5.26 Å². The molecule has 0 aliphatic heterocycles. The van der Waals surface area contributed by atoms with Crippen LogP contribution in [0.4, 0.5) is 4.39 Å². The van der Waals surface area contributed by atoms with Gasteiger partial charge in [-0.15, -0.1) is 11.6 Å². The number of alkyl halides is 1. The minimum absolute atomic E-state index is 0.00353. The molecule has 0 aromatic heterocycles. The van der Waals surface area contributed by atoms with Crippen LogP contribution in [0.3, 0.4) is 0 Å². The van der Waals surface area contributed by atoms with Crippen LogP contribution in [0, 0.1) is 17.1 Å². The van der Waals surface area contributed by atoms with Gasteiger partial charge in [0.1, 0.15) is 17.5 Å². The number of nitrogens with one attached hydrogen (secondary N) is 2. The van der Waals surface area contributed by atoms with E-state index in [1.165, 1.54) is 18.3 Å². The van der Waals surface area contributed by atoms with Crippen molar-refractivity contribution in [3.63, 3.8) is 0 Å². The van der Waals surface area contributed by atoms with Gasteiger partial charge in [-0.1, -0.05) is 12.1 Å². The highest BCUT2D eigenvalue weighted by atomic mass is 35.5. The molecule has 6 heteroatoms. The van der Waals surface area contributed by atoms with E-state index in [1.54, 1.807) is 6.07 Å². The summed E-state index contributed by atoms with van der Waals surface area (Å²) in [7, 11) is 0. The first-order chi connectivity index (χ1) is 10.2. The summed E-state index contributed by atoms with van der Waals surface area (Å²) in [6.45, 7) is 0.939. The maximum atomic E-state index is 13.0. The van der Waals surface area contributed by atoms with Crippen LogP contribution >= 0.6 is 11.6 Å². The van der Waals surface area contributed by atoms with E-state index in [-0.39, 0.29) is 11.4 Å². The summed E-state index contributed by atoms with van der Waals surface area (Å²) >= 11 is 5.50. The average Bonchev–Trinajstić information content (AvgIpc) is 2.47. The number of hydrogen-bond donors (Lipinski definition) is 2. The van der Waals surface area contributed by atoms with Crippen molar-refractivity contribution in [3.05, 3.63) is 47.4 Å².